The maximum absolute atomic E-state index is 9.34. The van der Waals surface area contributed by atoms with Crippen molar-refractivity contribution in [2.75, 3.05) is 0 Å². The molecular weight excluding hydrogens is 128 g/mol. The molecular formula is C7H12N2O. The van der Waals surface area contributed by atoms with Crippen LogP contribution in [0.4, 0.5) is 0 Å². The molecule has 0 bridgehead atoms. The van der Waals surface area contributed by atoms with E-state index in [9.17, 15) is 5.11 Å². The minimum atomic E-state index is -0.368. The number of rotatable bonds is 2. The van der Waals surface area contributed by atoms with Crippen LogP contribution in [0.2, 0.25) is 0 Å². The predicted octanol–water partition coefficient (Wildman–Crippen LogP) is 0.863. The lowest BCUT2D eigenvalue weighted by atomic mass is 10.2. The minimum Gasteiger partial charge on any atom is -0.387 e. The molecule has 0 saturated heterocycles. The van der Waals surface area contributed by atoms with Crippen LogP contribution in [0.15, 0.2) is 12.5 Å². The molecule has 0 aromatic carbocycles. The van der Waals surface area contributed by atoms with Crippen molar-refractivity contribution in [3.05, 3.63) is 18.2 Å². The highest BCUT2D eigenvalue weighted by molar-refractivity contribution is 5.00. The summed E-state index contributed by atoms with van der Waals surface area (Å²) < 4.78 is 1.83. The monoisotopic (exact) mass is 140 g/mol. The average molecular weight is 140 g/mol. The molecule has 56 valence electrons. The Hall–Kier alpha value is -0.830. The van der Waals surface area contributed by atoms with Crippen LogP contribution in [0.25, 0.3) is 0 Å². The highest BCUT2D eigenvalue weighted by Crippen LogP contribution is 2.13. The highest BCUT2D eigenvalue weighted by atomic mass is 16.3. The Morgan fingerprint density at radius 2 is 2.50 bits per heavy atom. The molecule has 0 amide bonds. The van der Waals surface area contributed by atoms with Crippen molar-refractivity contribution in [2.24, 2.45) is 7.05 Å². The van der Waals surface area contributed by atoms with E-state index in [0.717, 1.165) is 12.1 Å². The molecule has 1 atom stereocenters. The van der Waals surface area contributed by atoms with E-state index in [1.54, 1.807) is 12.5 Å². The SMILES string of the molecule is CCC(O)c1cncn1C. The van der Waals surface area contributed by atoms with E-state index >= 15 is 0 Å². The van der Waals surface area contributed by atoms with Crippen LogP contribution >= 0.6 is 0 Å². The third-order valence-corrected chi connectivity index (χ3v) is 1.58. The van der Waals surface area contributed by atoms with Gasteiger partial charge in [-0.3, -0.25) is 0 Å². The summed E-state index contributed by atoms with van der Waals surface area (Å²) in [5.74, 6) is 0. The number of hydrogen-bond donors (Lipinski definition) is 1. The Morgan fingerprint density at radius 3 is 2.90 bits per heavy atom. The van der Waals surface area contributed by atoms with Crippen LogP contribution in [0, 0.1) is 0 Å². The van der Waals surface area contributed by atoms with E-state index in [2.05, 4.69) is 4.98 Å². The standard InChI is InChI=1S/C7H12N2O/c1-3-7(10)6-4-8-5-9(6)2/h4-5,7,10H,3H2,1-2H3. The van der Waals surface area contributed by atoms with E-state index < -0.39 is 0 Å². The van der Waals surface area contributed by atoms with Gasteiger partial charge in [-0.2, -0.15) is 0 Å². The third-order valence-electron chi connectivity index (χ3n) is 1.58. The number of aliphatic hydroxyl groups is 1. The van der Waals surface area contributed by atoms with Crippen molar-refractivity contribution in [3.8, 4) is 0 Å². The summed E-state index contributed by atoms with van der Waals surface area (Å²) in [6, 6.07) is 0. The Bertz CT molecular complexity index is 207. The van der Waals surface area contributed by atoms with Gasteiger partial charge in [0.1, 0.15) is 0 Å². The summed E-state index contributed by atoms with van der Waals surface area (Å²) in [6.45, 7) is 1.94. The van der Waals surface area contributed by atoms with Gasteiger partial charge >= 0.3 is 0 Å². The molecule has 0 radical (unpaired) electrons. The molecule has 1 aromatic heterocycles. The molecule has 1 heterocycles. The summed E-state index contributed by atoms with van der Waals surface area (Å²) in [5.41, 5.74) is 0.877. The number of nitrogens with zero attached hydrogens (tertiary/aromatic N) is 2. The number of imidazole rings is 1. The van der Waals surface area contributed by atoms with Gasteiger partial charge in [-0.25, -0.2) is 4.98 Å². The van der Waals surface area contributed by atoms with Crippen molar-refractivity contribution < 1.29 is 5.11 Å². The molecule has 0 saturated carbocycles. The van der Waals surface area contributed by atoms with E-state index in [4.69, 9.17) is 0 Å². The molecule has 1 unspecified atom stereocenters. The van der Waals surface area contributed by atoms with E-state index in [-0.39, 0.29) is 6.10 Å². The van der Waals surface area contributed by atoms with Gasteiger partial charge in [0.15, 0.2) is 0 Å². The van der Waals surface area contributed by atoms with Crippen LogP contribution < -0.4 is 0 Å². The molecule has 10 heavy (non-hydrogen) atoms. The summed E-state index contributed by atoms with van der Waals surface area (Å²) in [5, 5.41) is 9.34. The number of aliphatic hydroxyl groups excluding tert-OH is 1. The molecule has 3 nitrogen and oxygen atoms in total. The smallest absolute Gasteiger partial charge is 0.0953 e. The molecule has 0 aliphatic rings. The first-order valence-corrected chi connectivity index (χ1v) is 3.40. The molecule has 1 rings (SSSR count). The van der Waals surface area contributed by atoms with Gasteiger partial charge in [-0.1, -0.05) is 6.92 Å². The zero-order chi connectivity index (χ0) is 7.56. The van der Waals surface area contributed by atoms with Crippen LogP contribution in [0.5, 0.6) is 0 Å². The lowest BCUT2D eigenvalue weighted by molar-refractivity contribution is 0.165. The van der Waals surface area contributed by atoms with Gasteiger partial charge in [0.2, 0.25) is 0 Å². The van der Waals surface area contributed by atoms with E-state index in [1.807, 2.05) is 18.5 Å². The summed E-state index contributed by atoms with van der Waals surface area (Å²) in [4.78, 5) is 3.89. The van der Waals surface area contributed by atoms with Crippen molar-refractivity contribution >= 4 is 0 Å². The fourth-order valence-corrected chi connectivity index (χ4v) is 0.898. The van der Waals surface area contributed by atoms with Gasteiger partial charge in [0.05, 0.1) is 24.3 Å². The maximum atomic E-state index is 9.34. The number of aryl methyl sites for hydroxylation is 1. The number of hydrogen-bond acceptors (Lipinski definition) is 2. The normalized spacial score (nSPS) is 13.5. The molecule has 0 aliphatic heterocycles. The maximum Gasteiger partial charge on any atom is 0.0953 e. The van der Waals surface area contributed by atoms with E-state index in [0.29, 0.717) is 0 Å². The Morgan fingerprint density at radius 1 is 1.80 bits per heavy atom. The zero-order valence-corrected chi connectivity index (χ0v) is 6.28. The largest absolute Gasteiger partial charge is 0.387 e. The Balaban J connectivity index is 2.82. The lowest BCUT2D eigenvalue weighted by Crippen LogP contribution is -2.01. The first-order chi connectivity index (χ1) is 4.75. The molecule has 3 heteroatoms. The predicted molar refractivity (Wildman–Crippen MR) is 38.5 cm³/mol. The van der Waals surface area contributed by atoms with Crippen LogP contribution in [0.3, 0.4) is 0 Å². The van der Waals surface area contributed by atoms with E-state index in [1.165, 1.54) is 0 Å². The molecule has 0 fully saturated rings. The van der Waals surface area contributed by atoms with Crippen molar-refractivity contribution in [3.63, 3.8) is 0 Å². The van der Waals surface area contributed by atoms with Crippen molar-refractivity contribution in [2.45, 2.75) is 19.4 Å². The summed E-state index contributed by atoms with van der Waals surface area (Å²) in [6.07, 6.45) is 3.74. The molecule has 0 spiro atoms. The third kappa shape index (κ3) is 1.19. The van der Waals surface area contributed by atoms with Crippen molar-refractivity contribution in [1.82, 2.24) is 9.55 Å². The second-order valence-corrected chi connectivity index (χ2v) is 2.35. The minimum absolute atomic E-state index is 0.368. The van der Waals surface area contributed by atoms with Crippen LogP contribution in [-0.4, -0.2) is 14.7 Å². The topological polar surface area (TPSA) is 38.1 Å². The lowest BCUT2D eigenvalue weighted by Gasteiger charge is -2.06. The first kappa shape index (κ1) is 7.28. The van der Waals surface area contributed by atoms with Crippen molar-refractivity contribution in [1.29, 1.82) is 0 Å². The first-order valence-electron chi connectivity index (χ1n) is 3.40. The number of aromatic nitrogens is 2. The average Bonchev–Trinajstić information content (AvgIpc) is 2.34. The molecule has 1 N–H and O–H groups in total. The van der Waals surface area contributed by atoms with Crippen LogP contribution in [0.1, 0.15) is 25.1 Å². The Labute approximate surface area is 60.3 Å². The van der Waals surface area contributed by atoms with Crippen LogP contribution in [-0.2, 0) is 7.05 Å². The summed E-state index contributed by atoms with van der Waals surface area (Å²) in [7, 11) is 1.88. The fraction of sp³-hybridized carbons (Fsp3) is 0.571. The van der Waals surface area contributed by atoms with Gasteiger partial charge in [-0.05, 0) is 6.42 Å². The molecule has 1 aromatic rings. The fourth-order valence-electron chi connectivity index (χ4n) is 0.898. The highest BCUT2D eigenvalue weighted by Gasteiger charge is 2.06. The zero-order valence-electron chi connectivity index (χ0n) is 6.28. The van der Waals surface area contributed by atoms with Gasteiger partial charge in [0, 0.05) is 7.05 Å². The molecule has 0 aliphatic carbocycles. The second kappa shape index (κ2) is 2.84. The van der Waals surface area contributed by atoms with Gasteiger partial charge in [-0.15, -0.1) is 0 Å². The van der Waals surface area contributed by atoms with Gasteiger partial charge in [0.25, 0.3) is 0 Å². The quantitative estimate of drug-likeness (QED) is 0.661. The Kier molecular flexibility index (Phi) is 2.06. The second-order valence-electron chi connectivity index (χ2n) is 2.35. The summed E-state index contributed by atoms with van der Waals surface area (Å²) >= 11 is 0. The van der Waals surface area contributed by atoms with Gasteiger partial charge < -0.3 is 9.67 Å².